The Labute approximate surface area is 142 Å². The third-order valence-electron chi connectivity index (χ3n) is 3.92. The number of rotatable bonds is 2. The van der Waals surface area contributed by atoms with Crippen LogP contribution in [0.1, 0.15) is 38.7 Å². The van der Waals surface area contributed by atoms with E-state index >= 15 is 0 Å². The number of hydrogen-bond acceptors (Lipinski definition) is 3. The number of hydrogen-bond donors (Lipinski definition) is 1. The molecule has 1 N–H and O–H groups in total. The summed E-state index contributed by atoms with van der Waals surface area (Å²) in [4.78, 5) is 22.7. The number of halogens is 2. The second-order valence-corrected chi connectivity index (χ2v) is 8.68. The van der Waals surface area contributed by atoms with Gasteiger partial charge in [-0.2, -0.15) is 0 Å². The number of piperidine rings is 1. The highest BCUT2D eigenvalue weighted by atomic mass is 31.1. The van der Waals surface area contributed by atoms with Gasteiger partial charge in [0.15, 0.2) is 0 Å². The molecule has 0 aromatic heterocycles. The second kappa shape index (κ2) is 6.93. The summed E-state index contributed by atoms with van der Waals surface area (Å²) in [6.45, 7) is 6.41. The van der Waals surface area contributed by atoms with Crippen LogP contribution in [0.15, 0.2) is 24.3 Å². The maximum atomic E-state index is 14.6. The predicted octanol–water partition coefficient (Wildman–Crippen LogP) is 3.69. The summed E-state index contributed by atoms with van der Waals surface area (Å²) in [5, 5.41) is 0.753. The summed E-state index contributed by atoms with van der Waals surface area (Å²) in [6.07, 6.45) is -0.529. The molecule has 0 radical (unpaired) electrons. The normalized spacial score (nSPS) is 22.1. The minimum absolute atomic E-state index is 0.172. The van der Waals surface area contributed by atoms with E-state index in [-0.39, 0.29) is 13.0 Å². The number of carbonyl (C=O) groups is 1. The highest BCUT2D eigenvalue weighted by Crippen LogP contribution is 2.40. The first-order valence-corrected chi connectivity index (χ1v) is 9.62. The van der Waals surface area contributed by atoms with Gasteiger partial charge in [-0.05, 0) is 39.4 Å². The van der Waals surface area contributed by atoms with Crippen molar-refractivity contribution in [1.29, 1.82) is 0 Å². The molecule has 24 heavy (non-hydrogen) atoms. The zero-order chi connectivity index (χ0) is 18.1. The standard InChI is InChI=1S/C17H24F2NO3P/c1-16(2,3)23-15(21)20-10-9-14(17(18,19)11-20)12-5-7-13(8-6-12)24(4)22/h5-8,14,22H,9-11H2,1-4H3. The molecule has 1 saturated heterocycles. The molecule has 0 bridgehead atoms. The van der Waals surface area contributed by atoms with Gasteiger partial charge in [0.1, 0.15) is 5.60 Å². The largest absolute Gasteiger partial charge is 0.444 e. The van der Waals surface area contributed by atoms with E-state index < -0.39 is 38.2 Å². The van der Waals surface area contributed by atoms with Gasteiger partial charge < -0.3 is 14.5 Å². The minimum Gasteiger partial charge on any atom is -0.444 e. The smallest absolute Gasteiger partial charge is 0.410 e. The summed E-state index contributed by atoms with van der Waals surface area (Å²) in [5.74, 6) is -3.96. The maximum absolute atomic E-state index is 14.6. The summed E-state index contributed by atoms with van der Waals surface area (Å²) in [6, 6.07) is 6.67. The number of alkyl halides is 2. The summed E-state index contributed by atoms with van der Waals surface area (Å²) >= 11 is 0. The van der Waals surface area contributed by atoms with Crippen LogP contribution in [0.5, 0.6) is 0 Å². The van der Waals surface area contributed by atoms with Crippen molar-refractivity contribution in [2.45, 2.75) is 44.6 Å². The van der Waals surface area contributed by atoms with E-state index in [9.17, 15) is 18.5 Å². The van der Waals surface area contributed by atoms with Gasteiger partial charge in [0.25, 0.3) is 5.92 Å². The Morgan fingerprint density at radius 3 is 2.38 bits per heavy atom. The van der Waals surface area contributed by atoms with Crippen LogP contribution in [0.4, 0.5) is 13.6 Å². The van der Waals surface area contributed by atoms with Gasteiger partial charge in [0.05, 0.1) is 20.6 Å². The fourth-order valence-electron chi connectivity index (χ4n) is 2.76. The molecular weight excluding hydrogens is 335 g/mol. The minimum atomic E-state index is -3.02. The molecule has 1 amide bonds. The number of benzene rings is 1. The van der Waals surface area contributed by atoms with Gasteiger partial charge in [-0.3, -0.25) is 0 Å². The van der Waals surface area contributed by atoms with Gasteiger partial charge in [-0.1, -0.05) is 24.3 Å². The van der Waals surface area contributed by atoms with Crippen molar-refractivity contribution in [2.24, 2.45) is 0 Å². The molecule has 2 atom stereocenters. The van der Waals surface area contributed by atoms with E-state index in [1.807, 2.05) is 0 Å². The molecular formula is C17H24F2NO3P. The van der Waals surface area contributed by atoms with Crippen LogP contribution in [0, 0.1) is 0 Å². The topological polar surface area (TPSA) is 49.8 Å². The van der Waals surface area contributed by atoms with E-state index in [1.54, 1.807) is 51.7 Å². The Bertz CT molecular complexity index is 584. The highest BCUT2D eigenvalue weighted by Gasteiger charge is 2.47. The molecule has 1 aliphatic heterocycles. The molecule has 1 heterocycles. The number of carbonyl (C=O) groups excluding carboxylic acids is 1. The third kappa shape index (κ3) is 4.64. The average molecular weight is 359 g/mol. The molecule has 4 nitrogen and oxygen atoms in total. The van der Waals surface area contributed by atoms with Crippen LogP contribution >= 0.6 is 8.15 Å². The van der Waals surface area contributed by atoms with Gasteiger partial charge >= 0.3 is 6.09 Å². The lowest BCUT2D eigenvalue weighted by Crippen LogP contribution is -2.50. The van der Waals surface area contributed by atoms with E-state index in [0.29, 0.717) is 5.56 Å². The monoisotopic (exact) mass is 359 g/mol. The second-order valence-electron chi connectivity index (χ2n) is 7.12. The lowest BCUT2D eigenvalue weighted by atomic mass is 9.86. The third-order valence-corrected chi connectivity index (χ3v) is 4.97. The quantitative estimate of drug-likeness (QED) is 0.820. The molecule has 2 unspecified atom stereocenters. The number of likely N-dealkylation sites (tertiary alicyclic amines) is 1. The molecule has 134 valence electrons. The summed E-state index contributed by atoms with van der Waals surface area (Å²) in [7, 11) is -1.24. The van der Waals surface area contributed by atoms with Crippen LogP contribution < -0.4 is 5.30 Å². The number of nitrogens with zero attached hydrogens (tertiary/aromatic N) is 1. The zero-order valence-corrected chi connectivity index (χ0v) is 15.3. The fraction of sp³-hybridized carbons (Fsp3) is 0.588. The molecule has 0 saturated carbocycles. The first-order valence-electron chi connectivity index (χ1n) is 7.88. The van der Waals surface area contributed by atoms with Gasteiger partial charge in [-0.25, -0.2) is 13.6 Å². The van der Waals surface area contributed by atoms with Crippen LogP contribution in [-0.2, 0) is 4.74 Å². The lowest BCUT2D eigenvalue weighted by Gasteiger charge is -2.39. The van der Waals surface area contributed by atoms with Gasteiger partial charge in [0, 0.05) is 11.8 Å². The van der Waals surface area contributed by atoms with Crippen LogP contribution in [0.2, 0.25) is 0 Å². The van der Waals surface area contributed by atoms with E-state index in [4.69, 9.17) is 4.74 Å². The molecule has 0 spiro atoms. The Morgan fingerprint density at radius 1 is 1.33 bits per heavy atom. The van der Waals surface area contributed by atoms with Gasteiger partial charge in [0.2, 0.25) is 0 Å². The van der Waals surface area contributed by atoms with E-state index in [0.717, 1.165) is 10.2 Å². The molecule has 1 fully saturated rings. The van der Waals surface area contributed by atoms with Crippen molar-refractivity contribution < 1.29 is 23.2 Å². The van der Waals surface area contributed by atoms with Crippen molar-refractivity contribution in [3.8, 4) is 0 Å². The lowest BCUT2D eigenvalue weighted by molar-refractivity contribution is -0.0848. The molecule has 1 aromatic rings. The Kier molecular flexibility index (Phi) is 5.50. The van der Waals surface area contributed by atoms with Crippen molar-refractivity contribution in [2.75, 3.05) is 19.8 Å². The summed E-state index contributed by atoms with van der Waals surface area (Å²) < 4.78 is 34.3. The molecule has 1 aromatic carbocycles. The highest BCUT2D eigenvalue weighted by molar-refractivity contribution is 7.59. The van der Waals surface area contributed by atoms with Crippen molar-refractivity contribution in [1.82, 2.24) is 4.90 Å². The maximum Gasteiger partial charge on any atom is 0.410 e. The van der Waals surface area contributed by atoms with Crippen LogP contribution in [0.25, 0.3) is 0 Å². The van der Waals surface area contributed by atoms with Crippen molar-refractivity contribution in [3.05, 3.63) is 29.8 Å². The number of ether oxygens (including phenoxy) is 1. The van der Waals surface area contributed by atoms with Crippen molar-refractivity contribution in [3.63, 3.8) is 0 Å². The number of amides is 1. The first kappa shape index (κ1) is 19.1. The molecule has 0 aliphatic carbocycles. The van der Waals surface area contributed by atoms with Crippen molar-refractivity contribution >= 4 is 19.5 Å². The Balaban J connectivity index is 2.10. The molecule has 1 aliphatic rings. The molecule has 2 rings (SSSR count). The summed E-state index contributed by atoms with van der Waals surface area (Å²) in [5.41, 5.74) is -0.175. The van der Waals surface area contributed by atoms with E-state index in [2.05, 4.69) is 0 Å². The predicted molar refractivity (Wildman–Crippen MR) is 91.3 cm³/mol. The average Bonchev–Trinajstić information content (AvgIpc) is 2.44. The van der Waals surface area contributed by atoms with Crippen LogP contribution in [0.3, 0.4) is 0 Å². The SMILES string of the molecule is CP(O)c1ccc(C2CCN(C(=O)OC(C)(C)C)CC2(F)F)cc1. The van der Waals surface area contributed by atoms with E-state index in [1.165, 1.54) is 0 Å². The first-order chi connectivity index (χ1) is 11.0. The Morgan fingerprint density at radius 2 is 1.92 bits per heavy atom. The Hall–Kier alpha value is -1.26. The van der Waals surface area contributed by atoms with Crippen LogP contribution in [-0.4, -0.2) is 47.2 Å². The van der Waals surface area contributed by atoms with Gasteiger partial charge in [-0.15, -0.1) is 0 Å². The fourth-order valence-corrected chi connectivity index (χ4v) is 3.34. The molecule has 7 heteroatoms. The zero-order valence-electron chi connectivity index (χ0n) is 14.4.